The van der Waals surface area contributed by atoms with E-state index in [2.05, 4.69) is 40.9 Å². The van der Waals surface area contributed by atoms with Crippen LogP contribution in [0.5, 0.6) is 0 Å². The summed E-state index contributed by atoms with van der Waals surface area (Å²) in [4.78, 5) is 17.4. The smallest absolute Gasteiger partial charge is 0.256 e. The fraction of sp³-hybridized carbons (Fsp3) is 0.208. The van der Waals surface area contributed by atoms with Crippen molar-refractivity contribution in [1.29, 1.82) is 0 Å². The van der Waals surface area contributed by atoms with Gasteiger partial charge in [0.15, 0.2) is 5.65 Å². The lowest BCUT2D eigenvalue weighted by atomic mass is 9.87. The Hall–Kier alpha value is -3.72. The second-order valence-electron chi connectivity index (χ2n) is 8.83. The molecule has 0 saturated heterocycles. The molecule has 0 spiro atoms. The molecule has 0 aliphatic rings. The fourth-order valence-electron chi connectivity index (χ4n) is 3.47. The van der Waals surface area contributed by atoms with Gasteiger partial charge in [0.1, 0.15) is 5.82 Å². The molecule has 2 heterocycles. The van der Waals surface area contributed by atoms with Gasteiger partial charge in [0.05, 0.1) is 23.8 Å². The number of nitrogens with one attached hydrogen (secondary N) is 2. The van der Waals surface area contributed by atoms with Gasteiger partial charge in [-0.2, -0.15) is 5.10 Å². The molecule has 4 rings (SSSR count). The van der Waals surface area contributed by atoms with E-state index < -0.39 is 10.0 Å². The van der Waals surface area contributed by atoms with Gasteiger partial charge in [-0.15, -0.1) is 0 Å². The lowest BCUT2D eigenvalue weighted by Gasteiger charge is -2.19. The van der Waals surface area contributed by atoms with Crippen LogP contribution in [0.2, 0.25) is 0 Å². The number of anilines is 2. The fourth-order valence-corrected chi connectivity index (χ4v) is 4.05. The zero-order valence-electron chi connectivity index (χ0n) is 18.8. The molecule has 0 unspecified atom stereocenters. The first-order valence-electron chi connectivity index (χ1n) is 10.4. The maximum absolute atomic E-state index is 12.9. The molecule has 2 aromatic heterocycles. The molecule has 170 valence electrons. The van der Waals surface area contributed by atoms with Crippen LogP contribution in [0.25, 0.3) is 16.9 Å². The van der Waals surface area contributed by atoms with Crippen molar-refractivity contribution in [3.63, 3.8) is 0 Å². The number of aromatic nitrogens is 3. The number of rotatable bonds is 5. The van der Waals surface area contributed by atoms with Crippen LogP contribution in [0.1, 0.15) is 36.7 Å². The number of nitrogens with zero attached hydrogens (tertiary/aromatic N) is 3. The summed E-state index contributed by atoms with van der Waals surface area (Å²) in [6, 6.07) is 17.8. The minimum Gasteiger partial charge on any atom is -0.306 e. The summed E-state index contributed by atoms with van der Waals surface area (Å²) >= 11 is 0. The number of carbonyl (C=O) groups is 1. The third kappa shape index (κ3) is 5.04. The second kappa shape index (κ2) is 8.32. The summed E-state index contributed by atoms with van der Waals surface area (Å²) in [6.07, 6.45) is 2.69. The Morgan fingerprint density at radius 2 is 1.70 bits per heavy atom. The molecule has 8 nitrogen and oxygen atoms in total. The second-order valence-corrected chi connectivity index (χ2v) is 10.6. The van der Waals surface area contributed by atoms with E-state index in [1.54, 1.807) is 59.2 Å². The van der Waals surface area contributed by atoms with Gasteiger partial charge in [-0.05, 0) is 29.2 Å². The van der Waals surface area contributed by atoms with Crippen molar-refractivity contribution in [2.45, 2.75) is 26.2 Å². The van der Waals surface area contributed by atoms with Crippen LogP contribution in [-0.4, -0.2) is 35.2 Å². The highest BCUT2D eigenvalue weighted by molar-refractivity contribution is 7.92. The number of para-hydroxylation sites is 1. The van der Waals surface area contributed by atoms with Crippen LogP contribution in [0.3, 0.4) is 0 Å². The largest absolute Gasteiger partial charge is 0.306 e. The number of sulfonamides is 1. The molecule has 33 heavy (non-hydrogen) atoms. The zero-order chi connectivity index (χ0) is 23.8. The van der Waals surface area contributed by atoms with E-state index in [9.17, 15) is 13.2 Å². The van der Waals surface area contributed by atoms with E-state index in [-0.39, 0.29) is 11.3 Å². The van der Waals surface area contributed by atoms with Gasteiger partial charge in [0, 0.05) is 23.3 Å². The van der Waals surface area contributed by atoms with Crippen molar-refractivity contribution in [1.82, 2.24) is 14.6 Å². The van der Waals surface area contributed by atoms with E-state index in [1.807, 2.05) is 12.1 Å². The van der Waals surface area contributed by atoms with Gasteiger partial charge in [0.2, 0.25) is 10.0 Å². The predicted molar refractivity (Wildman–Crippen MR) is 130 cm³/mol. The quantitative estimate of drug-likeness (QED) is 0.459. The van der Waals surface area contributed by atoms with E-state index in [4.69, 9.17) is 0 Å². The van der Waals surface area contributed by atoms with Crippen molar-refractivity contribution in [3.05, 3.63) is 78.0 Å². The van der Waals surface area contributed by atoms with E-state index in [1.165, 1.54) is 0 Å². The van der Waals surface area contributed by atoms with Crippen LogP contribution in [0, 0.1) is 0 Å². The Morgan fingerprint density at radius 3 is 2.36 bits per heavy atom. The van der Waals surface area contributed by atoms with Crippen LogP contribution < -0.4 is 10.0 Å². The monoisotopic (exact) mass is 463 g/mol. The van der Waals surface area contributed by atoms with Gasteiger partial charge in [-0.25, -0.2) is 17.9 Å². The SMILES string of the molecule is CC(C)(C)c1ccc(C(=O)Nc2cc(-c3ccccc3NS(C)(=O)=O)n3nccc3n2)cc1. The average Bonchev–Trinajstić information content (AvgIpc) is 3.20. The number of fused-ring (bicyclic) bond motifs is 1. The highest BCUT2D eigenvalue weighted by Gasteiger charge is 2.17. The summed E-state index contributed by atoms with van der Waals surface area (Å²) in [7, 11) is -3.49. The molecular weight excluding hydrogens is 438 g/mol. The first-order chi connectivity index (χ1) is 15.5. The highest BCUT2D eigenvalue weighted by Crippen LogP contribution is 2.30. The maximum Gasteiger partial charge on any atom is 0.256 e. The Bertz CT molecular complexity index is 1440. The molecule has 0 aliphatic carbocycles. The van der Waals surface area contributed by atoms with Gasteiger partial charge >= 0.3 is 0 Å². The van der Waals surface area contributed by atoms with E-state index in [0.717, 1.165) is 11.8 Å². The van der Waals surface area contributed by atoms with Crippen LogP contribution in [-0.2, 0) is 15.4 Å². The lowest BCUT2D eigenvalue weighted by Crippen LogP contribution is -2.15. The first-order valence-corrected chi connectivity index (χ1v) is 12.2. The number of hydrogen-bond donors (Lipinski definition) is 2. The molecule has 0 aliphatic heterocycles. The number of carbonyl (C=O) groups excluding carboxylic acids is 1. The van der Waals surface area contributed by atoms with Crippen molar-refractivity contribution in [3.8, 4) is 11.3 Å². The summed E-state index contributed by atoms with van der Waals surface area (Å²) in [5.74, 6) is 0.0392. The third-order valence-electron chi connectivity index (χ3n) is 5.11. The highest BCUT2D eigenvalue weighted by atomic mass is 32.2. The molecule has 0 radical (unpaired) electrons. The molecule has 0 saturated carbocycles. The molecule has 0 bridgehead atoms. The van der Waals surface area contributed by atoms with Gasteiger partial charge in [-0.3, -0.25) is 9.52 Å². The van der Waals surface area contributed by atoms with Crippen LogP contribution >= 0.6 is 0 Å². The minimum atomic E-state index is -3.49. The summed E-state index contributed by atoms with van der Waals surface area (Å²) in [5.41, 5.74) is 3.73. The number of amides is 1. The summed E-state index contributed by atoms with van der Waals surface area (Å²) in [6.45, 7) is 6.35. The van der Waals surface area contributed by atoms with Crippen molar-refractivity contribution in [2.75, 3.05) is 16.3 Å². The van der Waals surface area contributed by atoms with Gasteiger partial charge < -0.3 is 5.32 Å². The topological polar surface area (TPSA) is 105 Å². The Kier molecular flexibility index (Phi) is 5.67. The average molecular weight is 464 g/mol. The Morgan fingerprint density at radius 1 is 1.00 bits per heavy atom. The molecule has 2 aromatic carbocycles. The van der Waals surface area contributed by atoms with E-state index in [0.29, 0.717) is 34.0 Å². The van der Waals surface area contributed by atoms with Gasteiger partial charge in [0.25, 0.3) is 5.91 Å². The first kappa shape index (κ1) is 22.5. The predicted octanol–water partition coefficient (Wildman–Crippen LogP) is 4.32. The molecule has 9 heteroatoms. The molecule has 0 atom stereocenters. The Balaban J connectivity index is 1.72. The third-order valence-corrected chi connectivity index (χ3v) is 5.70. The standard InChI is InChI=1S/C24H25N5O3S/c1-24(2,3)17-11-9-16(10-12-17)23(30)27-21-15-20(29-22(26-21)13-14-25-29)18-7-5-6-8-19(18)28-33(4,31)32/h5-15,28H,1-4H3,(H,26,27,30). The number of hydrogen-bond acceptors (Lipinski definition) is 5. The van der Waals surface area contributed by atoms with Crippen molar-refractivity contribution < 1.29 is 13.2 Å². The van der Waals surface area contributed by atoms with Crippen LogP contribution in [0.15, 0.2) is 66.9 Å². The summed E-state index contributed by atoms with van der Waals surface area (Å²) < 4.78 is 27.8. The van der Waals surface area contributed by atoms with Crippen molar-refractivity contribution in [2.24, 2.45) is 0 Å². The van der Waals surface area contributed by atoms with Crippen molar-refractivity contribution >= 4 is 33.1 Å². The molecule has 0 fully saturated rings. The van der Waals surface area contributed by atoms with E-state index >= 15 is 0 Å². The molecular formula is C24H25N5O3S. The minimum absolute atomic E-state index is 0.00803. The maximum atomic E-state index is 12.9. The lowest BCUT2D eigenvalue weighted by molar-refractivity contribution is 0.102. The number of benzene rings is 2. The normalized spacial score (nSPS) is 12.0. The molecule has 2 N–H and O–H groups in total. The van der Waals surface area contributed by atoms with Gasteiger partial charge in [-0.1, -0.05) is 51.1 Å². The van der Waals surface area contributed by atoms with Crippen LogP contribution in [0.4, 0.5) is 11.5 Å². The Labute approximate surface area is 192 Å². The zero-order valence-corrected chi connectivity index (χ0v) is 19.6. The molecule has 4 aromatic rings. The summed E-state index contributed by atoms with van der Waals surface area (Å²) in [5, 5.41) is 7.15. The molecule has 1 amide bonds.